The van der Waals surface area contributed by atoms with E-state index in [1.807, 2.05) is 26.0 Å². The van der Waals surface area contributed by atoms with Gasteiger partial charge in [0.15, 0.2) is 0 Å². The van der Waals surface area contributed by atoms with Crippen LogP contribution in [0.3, 0.4) is 0 Å². The fourth-order valence-corrected chi connectivity index (χ4v) is 1.91. The van der Waals surface area contributed by atoms with E-state index in [1.165, 1.54) is 0 Å². The van der Waals surface area contributed by atoms with Gasteiger partial charge in [0, 0.05) is 13.1 Å². The lowest BCUT2D eigenvalue weighted by atomic mass is 9.91. The Labute approximate surface area is 84.3 Å². The zero-order valence-electron chi connectivity index (χ0n) is 8.79. The predicted molar refractivity (Wildman–Crippen MR) is 54.0 cm³/mol. The van der Waals surface area contributed by atoms with Gasteiger partial charge in [0.05, 0.1) is 12.1 Å². The van der Waals surface area contributed by atoms with E-state index >= 15 is 0 Å². The number of hydrogen-bond acceptors (Lipinski definition) is 3. The summed E-state index contributed by atoms with van der Waals surface area (Å²) in [6.45, 7) is 6.32. The van der Waals surface area contributed by atoms with Crippen LogP contribution in [-0.2, 0) is 6.54 Å². The standard InChI is InChI=1S/C11H17NO2/c1-3-11(13)7-12(8-11)6-10-5-4-9(2)14-10/h4-5,13H,3,6-8H2,1-2H3. The number of hydrogen-bond donors (Lipinski definition) is 1. The maximum atomic E-state index is 9.80. The Morgan fingerprint density at radius 1 is 1.50 bits per heavy atom. The summed E-state index contributed by atoms with van der Waals surface area (Å²) >= 11 is 0. The number of likely N-dealkylation sites (tertiary alicyclic amines) is 1. The topological polar surface area (TPSA) is 36.6 Å². The van der Waals surface area contributed by atoms with Crippen molar-refractivity contribution in [2.45, 2.75) is 32.4 Å². The molecule has 1 fully saturated rings. The molecule has 1 aliphatic heterocycles. The molecule has 0 atom stereocenters. The van der Waals surface area contributed by atoms with Crippen LogP contribution in [0.1, 0.15) is 24.9 Å². The average Bonchev–Trinajstić information content (AvgIpc) is 2.48. The minimum atomic E-state index is -0.443. The van der Waals surface area contributed by atoms with Crippen LogP contribution in [0.5, 0.6) is 0 Å². The quantitative estimate of drug-likeness (QED) is 0.795. The third-order valence-corrected chi connectivity index (χ3v) is 2.87. The van der Waals surface area contributed by atoms with Crippen LogP contribution in [0.15, 0.2) is 16.5 Å². The van der Waals surface area contributed by atoms with Crippen molar-refractivity contribution in [3.8, 4) is 0 Å². The monoisotopic (exact) mass is 195 g/mol. The predicted octanol–water partition coefficient (Wildman–Crippen LogP) is 1.54. The number of aryl methyl sites for hydroxylation is 1. The Bertz CT molecular complexity index is 313. The second-order valence-corrected chi connectivity index (χ2v) is 4.24. The van der Waals surface area contributed by atoms with E-state index in [2.05, 4.69) is 4.90 Å². The number of aliphatic hydroxyl groups is 1. The second-order valence-electron chi connectivity index (χ2n) is 4.24. The second kappa shape index (κ2) is 3.41. The number of furan rings is 1. The third-order valence-electron chi connectivity index (χ3n) is 2.87. The zero-order valence-corrected chi connectivity index (χ0v) is 8.79. The normalized spacial score (nSPS) is 20.8. The van der Waals surface area contributed by atoms with Gasteiger partial charge in [0.1, 0.15) is 11.5 Å². The van der Waals surface area contributed by atoms with Crippen LogP contribution in [0.25, 0.3) is 0 Å². The van der Waals surface area contributed by atoms with Gasteiger partial charge < -0.3 is 9.52 Å². The average molecular weight is 195 g/mol. The van der Waals surface area contributed by atoms with Crippen molar-refractivity contribution in [1.82, 2.24) is 4.90 Å². The summed E-state index contributed by atoms with van der Waals surface area (Å²) < 4.78 is 5.47. The van der Waals surface area contributed by atoms with E-state index in [0.29, 0.717) is 0 Å². The fourth-order valence-electron chi connectivity index (χ4n) is 1.91. The van der Waals surface area contributed by atoms with Crippen molar-refractivity contribution in [1.29, 1.82) is 0 Å². The van der Waals surface area contributed by atoms with E-state index in [1.54, 1.807) is 0 Å². The molecule has 78 valence electrons. The molecular weight excluding hydrogens is 178 g/mol. The number of rotatable bonds is 3. The summed E-state index contributed by atoms with van der Waals surface area (Å²) in [5.74, 6) is 1.94. The lowest BCUT2D eigenvalue weighted by molar-refractivity contribution is -0.105. The smallest absolute Gasteiger partial charge is 0.118 e. The molecule has 1 N–H and O–H groups in total. The molecule has 0 radical (unpaired) electrons. The highest BCUT2D eigenvalue weighted by molar-refractivity contribution is 5.07. The third kappa shape index (κ3) is 1.83. The van der Waals surface area contributed by atoms with E-state index in [4.69, 9.17) is 4.42 Å². The van der Waals surface area contributed by atoms with Gasteiger partial charge in [-0.2, -0.15) is 0 Å². The van der Waals surface area contributed by atoms with Gasteiger partial charge in [-0.05, 0) is 25.5 Å². The largest absolute Gasteiger partial charge is 0.465 e. The highest BCUT2D eigenvalue weighted by Gasteiger charge is 2.39. The lowest BCUT2D eigenvalue weighted by Crippen LogP contribution is -2.60. The molecule has 0 unspecified atom stereocenters. The van der Waals surface area contributed by atoms with Crippen molar-refractivity contribution in [2.24, 2.45) is 0 Å². The molecule has 0 spiro atoms. The summed E-state index contributed by atoms with van der Waals surface area (Å²) in [5, 5.41) is 9.80. The summed E-state index contributed by atoms with van der Waals surface area (Å²) in [6.07, 6.45) is 0.834. The number of β-amino-alcohol motifs (C(OH)–C–C–N with tert-alkyl or cyclic N) is 1. The molecule has 14 heavy (non-hydrogen) atoms. The first kappa shape index (κ1) is 9.74. The Balaban J connectivity index is 1.85. The van der Waals surface area contributed by atoms with Crippen molar-refractivity contribution in [3.63, 3.8) is 0 Å². The Morgan fingerprint density at radius 2 is 2.21 bits per heavy atom. The highest BCUT2D eigenvalue weighted by Crippen LogP contribution is 2.25. The van der Waals surface area contributed by atoms with Crippen molar-refractivity contribution in [2.75, 3.05) is 13.1 Å². The van der Waals surface area contributed by atoms with Gasteiger partial charge in [-0.15, -0.1) is 0 Å². The molecule has 1 aliphatic rings. The van der Waals surface area contributed by atoms with Gasteiger partial charge in [0.25, 0.3) is 0 Å². The molecule has 2 rings (SSSR count). The molecule has 1 aromatic heterocycles. The number of nitrogens with zero attached hydrogens (tertiary/aromatic N) is 1. The lowest BCUT2D eigenvalue weighted by Gasteiger charge is -2.45. The summed E-state index contributed by atoms with van der Waals surface area (Å²) in [7, 11) is 0. The molecule has 0 bridgehead atoms. The maximum absolute atomic E-state index is 9.80. The molecule has 3 heteroatoms. The Kier molecular flexibility index (Phi) is 2.37. The molecule has 1 saturated heterocycles. The first-order valence-corrected chi connectivity index (χ1v) is 5.11. The molecule has 0 aromatic carbocycles. The highest BCUT2D eigenvalue weighted by atomic mass is 16.3. The molecule has 1 aromatic rings. The van der Waals surface area contributed by atoms with E-state index in [9.17, 15) is 5.11 Å². The summed E-state index contributed by atoms with van der Waals surface area (Å²) in [6, 6.07) is 3.97. The maximum Gasteiger partial charge on any atom is 0.118 e. The fraction of sp³-hybridized carbons (Fsp3) is 0.636. The van der Waals surface area contributed by atoms with Gasteiger partial charge >= 0.3 is 0 Å². The summed E-state index contributed by atoms with van der Waals surface area (Å²) in [4.78, 5) is 2.20. The Morgan fingerprint density at radius 3 is 2.71 bits per heavy atom. The van der Waals surface area contributed by atoms with E-state index in [0.717, 1.165) is 37.6 Å². The van der Waals surface area contributed by atoms with Crippen LogP contribution in [0.2, 0.25) is 0 Å². The molecule has 2 heterocycles. The van der Waals surface area contributed by atoms with E-state index < -0.39 is 5.60 Å². The van der Waals surface area contributed by atoms with Gasteiger partial charge in [-0.3, -0.25) is 4.90 Å². The minimum Gasteiger partial charge on any atom is -0.465 e. The molecule has 0 saturated carbocycles. The van der Waals surface area contributed by atoms with Crippen molar-refractivity contribution >= 4 is 0 Å². The van der Waals surface area contributed by atoms with Crippen molar-refractivity contribution < 1.29 is 9.52 Å². The van der Waals surface area contributed by atoms with Crippen LogP contribution in [0.4, 0.5) is 0 Å². The van der Waals surface area contributed by atoms with Crippen LogP contribution >= 0.6 is 0 Å². The van der Waals surface area contributed by atoms with Crippen LogP contribution in [0, 0.1) is 6.92 Å². The zero-order chi connectivity index (χ0) is 10.2. The first-order chi connectivity index (χ1) is 6.61. The van der Waals surface area contributed by atoms with Crippen LogP contribution in [-0.4, -0.2) is 28.7 Å². The van der Waals surface area contributed by atoms with E-state index in [-0.39, 0.29) is 0 Å². The SMILES string of the molecule is CCC1(O)CN(Cc2ccc(C)o2)C1. The summed E-state index contributed by atoms with van der Waals surface area (Å²) in [5.41, 5.74) is -0.443. The van der Waals surface area contributed by atoms with Gasteiger partial charge in [0.2, 0.25) is 0 Å². The minimum absolute atomic E-state index is 0.443. The van der Waals surface area contributed by atoms with Crippen LogP contribution < -0.4 is 0 Å². The molecule has 0 aliphatic carbocycles. The molecule has 0 amide bonds. The molecular formula is C11H17NO2. The first-order valence-electron chi connectivity index (χ1n) is 5.11. The Hall–Kier alpha value is -0.800. The van der Waals surface area contributed by atoms with Crippen molar-refractivity contribution in [3.05, 3.63) is 23.7 Å². The molecule has 3 nitrogen and oxygen atoms in total. The van der Waals surface area contributed by atoms with Gasteiger partial charge in [-0.25, -0.2) is 0 Å². The van der Waals surface area contributed by atoms with Gasteiger partial charge in [-0.1, -0.05) is 6.92 Å².